The second-order valence-electron chi connectivity index (χ2n) is 5.31. The summed E-state index contributed by atoms with van der Waals surface area (Å²) in [5.41, 5.74) is 1.21. The summed E-state index contributed by atoms with van der Waals surface area (Å²) in [5.74, 6) is 2.79. The molecule has 1 heterocycles. The van der Waals surface area contributed by atoms with Gasteiger partial charge in [0.1, 0.15) is 18.1 Å². The first kappa shape index (κ1) is 12.7. The Morgan fingerprint density at radius 3 is 2.88 bits per heavy atom. The quantitative estimate of drug-likeness (QED) is 0.791. The van der Waals surface area contributed by atoms with Gasteiger partial charge >= 0.3 is 0 Å². The Kier molecular flexibility index (Phi) is 4.24. The first-order chi connectivity index (χ1) is 8.15. The minimum Gasteiger partial charge on any atom is -0.462 e. The molecular weight excluding hydrogens is 214 g/mol. The Morgan fingerprint density at radius 2 is 2.24 bits per heavy atom. The summed E-state index contributed by atoms with van der Waals surface area (Å²) in [4.78, 5) is 0. The van der Waals surface area contributed by atoms with Crippen molar-refractivity contribution in [2.45, 2.75) is 52.8 Å². The van der Waals surface area contributed by atoms with Crippen LogP contribution in [0.15, 0.2) is 10.5 Å². The van der Waals surface area contributed by atoms with E-state index in [1.807, 2.05) is 0 Å². The van der Waals surface area contributed by atoms with Gasteiger partial charge in [-0.2, -0.15) is 0 Å². The van der Waals surface area contributed by atoms with Crippen molar-refractivity contribution >= 4 is 0 Å². The van der Waals surface area contributed by atoms with Crippen LogP contribution in [0.3, 0.4) is 0 Å². The second kappa shape index (κ2) is 5.69. The van der Waals surface area contributed by atoms with Gasteiger partial charge in [0.2, 0.25) is 0 Å². The van der Waals surface area contributed by atoms with Gasteiger partial charge in [0.25, 0.3) is 0 Å². The Balaban J connectivity index is 1.79. The van der Waals surface area contributed by atoms with Crippen LogP contribution >= 0.6 is 0 Å². The Hall–Kier alpha value is -0.800. The van der Waals surface area contributed by atoms with E-state index in [-0.39, 0.29) is 0 Å². The summed E-state index contributed by atoms with van der Waals surface area (Å²) < 4.78 is 11.4. The third-order valence-electron chi connectivity index (χ3n) is 3.04. The molecule has 1 fully saturated rings. The number of rotatable bonds is 7. The van der Waals surface area contributed by atoms with Gasteiger partial charge in [0.15, 0.2) is 0 Å². The molecule has 0 amide bonds. The normalized spacial score (nSPS) is 15.8. The van der Waals surface area contributed by atoms with Gasteiger partial charge in [-0.05, 0) is 37.3 Å². The maximum absolute atomic E-state index is 5.78. The number of furan rings is 1. The highest BCUT2D eigenvalue weighted by atomic mass is 16.5. The van der Waals surface area contributed by atoms with E-state index in [0.717, 1.165) is 30.6 Å². The molecule has 3 heteroatoms. The van der Waals surface area contributed by atoms with Gasteiger partial charge in [-0.3, -0.25) is 0 Å². The molecule has 17 heavy (non-hydrogen) atoms. The zero-order valence-corrected chi connectivity index (χ0v) is 11.1. The molecule has 0 atom stereocenters. The van der Waals surface area contributed by atoms with Crippen molar-refractivity contribution in [2.75, 3.05) is 6.61 Å². The van der Waals surface area contributed by atoms with Crippen LogP contribution in [-0.2, 0) is 17.9 Å². The van der Waals surface area contributed by atoms with Gasteiger partial charge in [0.05, 0.1) is 6.54 Å². The predicted octanol–water partition coefficient (Wildman–Crippen LogP) is 3.01. The number of nitrogens with one attached hydrogen (secondary N) is 1. The van der Waals surface area contributed by atoms with E-state index in [0.29, 0.717) is 12.6 Å². The Labute approximate surface area is 104 Å². The molecule has 1 aromatic heterocycles. The predicted molar refractivity (Wildman–Crippen MR) is 67.8 cm³/mol. The molecule has 0 spiro atoms. The fourth-order valence-corrected chi connectivity index (χ4v) is 1.74. The largest absolute Gasteiger partial charge is 0.462 e. The van der Waals surface area contributed by atoms with Crippen molar-refractivity contribution in [1.29, 1.82) is 0 Å². The van der Waals surface area contributed by atoms with E-state index in [2.05, 4.69) is 32.2 Å². The van der Waals surface area contributed by atoms with E-state index < -0.39 is 0 Å². The highest BCUT2D eigenvalue weighted by Crippen LogP contribution is 2.29. The molecule has 1 aliphatic rings. The third-order valence-corrected chi connectivity index (χ3v) is 3.04. The molecule has 1 aromatic rings. The zero-order chi connectivity index (χ0) is 12.3. The first-order valence-electron chi connectivity index (χ1n) is 6.54. The molecule has 0 bridgehead atoms. The van der Waals surface area contributed by atoms with Gasteiger partial charge in [0, 0.05) is 12.6 Å². The van der Waals surface area contributed by atoms with E-state index in [4.69, 9.17) is 9.15 Å². The van der Waals surface area contributed by atoms with Crippen LogP contribution in [0.4, 0.5) is 0 Å². The smallest absolute Gasteiger partial charge is 0.130 e. The summed E-state index contributed by atoms with van der Waals surface area (Å²) >= 11 is 0. The number of ether oxygens (including phenoxy) is 1. The number of hydrogen-bond donors (Lipinski definition) is 1. The lowest BCUT2D eigenvalue weighted by atomic mass is 10.2. The molecule has 2 rings (SSSR count). The topological polar surface area (TPSA) is 34.4 Å². The van der Waals surface area contributed by atoms with Crippen molar-refractivity contribution in [3.05, 3.63) is 23.2 Å². The maximum atomic E-state index is 5.78. The Bertz CT molecular complexity index is 353. The van der Waals surface area contributed by atoms with E-state index >= 15 is 0 Å². The summed E-state index contributed by atoms with van der Waals surface area (Å²) in [6.45, 7) is 8.66. The lowest BCUT2D eigenvalue weighted by Gasteiger charge is -2.06. The van der Waals surface area contributed by atoms with Gasteiger partial charge < -0.3 is 14.5 Å². The molecule has 0 saturated heterocycles. The average Bonchev–Trinajstić information content (AvgIpc) is 3.00. The molecule has 3 nitrogen and oxygen atoms in total. The molecule has 0 radical (unpaired) electrons. The number of aryl methyl sites for hydroxylation is 1. The van der Waals surface area contributed by atoms with Crippen LogP contribution in [0.25, 0.3) is 0 Å². The fourth-order valence-electron chi connectivity index (χ4n) is 1.74. The maximum Gasteiger partial charge on any atom is 0.130 e. The van der Waals surface area contributed by atoms with E-state index in [1.54, 1.807) is 0 Å². The molecule has 0 aromatic carbocycles. The van der Waals surface area contributed by atoms with Crippen molar-refractivity contribution in [1.82, 2.24) is 5.32 Å². The highest BCUT2D eigenvalue weighted by molar-refractivity contribution is 5.19. The molecule has 1 aliphatic carbocycles. The van der Waals surface area contributed by atoms with Crippen LogP contribution in [0, 0.1) is 12.8 Å². The summed E-state index contributed by atoms with van der Waals surface area (Å²) in [6, 6.07) is 2.57. The number of hydrogen-bond acceptors (Lipinski definition) is 3. The average molecular weight is 237 g/mol. The highest BCUT2D eigenvalue weighted by Gasteiger charge is 2.21. The van der Waals surface area contributed by atoms with Crippen molar-refractivity contribution < 1.29 is 9.15 Å². The van der Waals surface area contributed by atoms with Gasteiger partial charge in [-0.1, -0.05) is 13.8 Å². The third kappa shape index (κ3) is 4.17. The van der Waals surface area contributed by atoms with Gasteiger partial charge in [-0.25, -0.2) is 0 Å². The lowest BCUT2D eigenvalue weighted by Crippen LogP contribution is -2.21. The van der Waals surface area contributed by atoms with E-state index in [9.17, 15) is 0 Å². The SMILES string of the molecule is Cc1cc(COCC2CC2)oc1CNC(C)C. The molecule has 1 N–H and O–H groups in total. The van der Waals surface area contributed by atoms with Crippen LogP contribution in [0.1, 0.15) is 43.8 Å². The summed E-state index contributed by atoms with van der Waals surface area (Å²) in [7, 11) is 0. The minimum atomic E-state index is 0.481. The monoisotopic (exact) mass is 237 g/mol. The molecule has 0 unspecified atom stereocenters. The van der Waals surface area contributed by atoms with Crippen LogP contribution in [0.2, 0.25) is 0 Å². The van der Waals surface area contributed by atoms with Crippen LogP contribution in [-0.4, -0.2) is 12.6 Å². The van der Waals surface area contributed by atoms with Crippen molar-refractivity contribution in [3.63, 3.8) is 0 Å². The standard InChI is InChI=1S/C14H23NO2/c1-10(2)15-7-14-11(3)6-13(17-14)9-16-8-12-4-5-12/h6,10,12,15H,4-5,7-9H2,1-3H3. The van der Waals surface area contributed by atoms with E-state index in [1.165, 1.54) is 18.4 Å². The van der Waals surface area contributed by atoms with Crippen LogP contribution < -0.4 is 5.32 Å². The van der Waals surface area contributed by atoms with Crippen LogP contribution in [0.5, 0.6) is 0 Å². The summed E-state index contributed by atoms with van der Waals surface area (Å²) in [6.07, 6.45) is 2.67. The van der Waals surface area contributed by atoms with Crippen molar-refractivity contribution in [3.8, 4) is 0 Å². The molecule has 1 saturated carbocycles. The lowest BCUT2D eigenvalue weighted by molar-refractivity contribution is 0.0963. The molecule has 96 valence electrons. The molecular formula is C14H23NO2. The molecule has 0 aliphatic heterocycles. The Morgan fingerprint density at radius 1 is 1.47 bits per heavy atom. The minimum absolute atomic E-state index is 0.481. The second-order valence-corrected chi connectivity index (χ2v) is 5.31. The van der Waals surface area contributed by atoms with Gasteiger partial charge in [-0.15, -0.1) is 0 Å². The summed E-state index contributed by atoms with van der Waals surface area (Å²) in [5, 5.41) is 3.37. The first-order valence-corrected chi connectivity index (χ1v) is 6.54. The zero-order valence-electron chi connectivity index (χ0n) is 11.1. The van der Waals surface area contributed by atoms with Crippen molar-refractivity contribution in [2.24, 2.45) is 5.92 Å². The fraction of sp³-hybridized carbons (Fsp3) is 0.714.